The van der Waals surface area contributed by atoms with E-state index in [2.05, 4.69) is 0 Å². The molecule has 0 saturated carbocycles. The Morgan fingerprint density at radius 3 is 2.40 bits per heavy atom. The predicted molar refractivity (Wildman–Crippen MR) is 57.4 cm³/mol. The lowest BCUT2D eigenvalue weighted by Crippen LogP contribution is -2.44. The van der Waals surface area contributed by atoms with Crippen molar-refractivity contribution in [2.24, 2.45) is 11.7 Å². The summed E-state index contributed by atoms with van der Waals surface area (Å²) < 4.78 is 10.5. The van der Waals surface area contributed by atoms with Crippen LogP contribution in [0.5, 0.6) is 0 Å². The normalized spacial score (nSPS) is 21.1. The lowest BCUT2D eigenvalue weighted by atomic mass is 9.92. The van der Waals surface area contributed by atoms with E-state index in [1.807, 2.05) is 20.8 Å². The van der Waals surface area contributed by atoms with Crippen molar-refractivity contribution in [1.82, 2.24) is 0 Å². The Bertz CT molecular complexity index is 216. The number of hydrogen-bond donors (Lipinski definition) is 1. The molecule has 88 valence electrons. The number of carbonyl (C=O) groups excluding carboxylic acids is 1. The highest BCUT2D eigenvalue weighted by Gasteiger charge is 2.30. The fourth-order valence-electron chi connectivity index (χ4n) is 1.64. The summed E-state index contributed by atoms with van der Waals surface area (Å²) in [5.74, 6) is -0.0944. The zero-order chi connectivity index (χ0) is 11.5. The Morgan fingerprint density at radius 2 is 1.93 bits per heavy atom. The molecule has 0 aromatic rings. The topological polar surface area (TPSA) is 61.5 Å². The first kappa shape index (κ1) is 12.5. The second-order valence-electron chi connectivity index (χ2n) is 5.01. The summed E-state index contributed by atoms with van der Waals surface area (Å²) in [6.07, 6.45) is 1.70. The molecule has 15 heavy (non-hydrogen) atoms. The average molecular weight is 215 g/mol. The SMILES string of the molecule is CC(C)(C)OC(=O)[C@@H](N)C1CCOCC1. The summed E-state index contributed by atoms with van der Waals surface area (Å²) in [4.78, 5) is 11.7. The minimum atomic E-state index is -0.506. The summed E-state index contributed by atoms with van der Waals surface area (Å²) in [6, 6.07) is -0.506. The Kier molecular flexibility index (Phi) is 4.11. The fourth-order valence-corrected chi connectivity index (χ4v) is 1.64. The van der Waals surface area contributed by atoms with Crippen LogP contribution in [-0.2, 0) is 14.3 Å². The molecule has 0 unspecified atom stereocenters. The Labute approximate surface area is 91.1 Å². The fraction of sp³-hybridized carbons (Fsp3) is 0.909. The van der Waals surface area contributed by atoms with E-state index in [9.17, 15) is 4.79 Å². The van der Waals surface area contributed by atoms with Crippen molar-refractivity contribution in [2.45, 2.75) is 45.3 Å². The zero-order valence-electron chi connectivity index (χ0n) is 9.79. The second kappa shape index (κ2) is 4.94. The summed E-state index contributed by atoms with van der Waals surface area (Å²) in [5.41, 5.74) is 5.41. The van der Waals surface area contributed by atoms with Gasteiger partial charge >= 0.3 is 5.97 Å². The summed E-state index contributed by atoms with van der Waals surface area (Å²) >= 11 is 0. The lowest BCUT2D eigenvalue weighted by molar-refractivity contribution is -0.158. The van der Waals surface area contributed by atoms with Crippen molar-refractivity contribution in [2.75, 3.05) is 13.2 Å². The van der Waals surface area contributed by atoms with Gasteiger partial charge in [0, 0.05) is 13.2 Å². The lowest BCUT2D eigenvalue weighted by Gasteiger charge is -2.29. The van der Waals surface area contributed by atoms with Crippen molar-refractivity contribution in [3.8, 4) is 0 Å². The van der Waals surface area contributed by atoms with E-state index < -0.39 is 11.6 Å². The number of esters is 1. The van der Waals surface area contributed by atoms with Crippen LogP contribution < -0.4 is 5.73 Å². The molecule has 1 atom stereocenters. The minimum Gasteiger partial charge on any atom is -0.459 e. The Balaban J connectivity index is 2.44. The molecule has 1 saturated heterocycles. The van der Waals surface area contributed by atoms with Crippen LogP contribution in [0, 0.1) is 5.92 Å². The highest BCUT2D eigenvalue weighted by atomic mass is 16.6. The third-order valence-corrected chi connectivity index (χ3v) is 2.45. The molecule has 1 heterocycles. The van der Waals surface area contributed by atoms with Crippen molar-refractivity contribution in [3.05, 3.63) is 0 Å². The maximum Gasteiger partial charge on any atom is 0.323 e. The van der Waals surface area contributed by atoms with Gasteiger partial charge in [-0.15, -0.1) is 0 Å². The summed E-state index contributed by atoms with van der Waals surface area (Å²) in [7, 11) is 0. The van der Waals surface area contributed by atoms with Crippen LogP contribution in [0.1, 0.15) is 33.6 Å². The Morgan fingerprint density at radius 1 is 1.40 bits per heavy atom. The van der Waals surface area contributed by atoms with Gasteiger partial charge in [0.15, 0.2) is 0 Å². The van der Waals surface area contributed by atoms with Crippen LogP contribution in [0.15, 0.2) is 0 Å². The highest BCUT2D eigenvalue weighted by Crippen LogP contribution is 2.20. The maximum atomic E-state index is 11.7. The van der Waals surface area contributed by atoms with Crippen LogP contribution in [0.4, 0.5) is 0 Å². The van der Waals surface area contributed by atoms with E-state index >= 15 is 0 Å². The van der Waals surface area contributed by atoms with Gasteiger partial charge in [0.25, 0.3) is 0 Å². The molecule has 0 spiro atoms. The molecule has 1 aliphatic heterocycles. The molecule has 0 amide bonds. The van der Waals surface area contributed by atoms with E-state index in [1.165, 1.54) is 0 Å². The quantitative estimate of drug-likeness (QED) is 0.700. The maximum absolute atomic E-state index is 11.7. The minimum absolute atomic E-state index is 0.202. The summed E-state index contributed by atoms with van der Waals surface area (Å²) in [5, 5.41) is 0. The van der Waals surface area contributed by atoms with Crippen LogP contribution in [0.2, 0.25) is 0 Å². The van der Waals surface area contributed by atoms with Gasteiger partial charge in [-0.2, -0.15) is 0 Å². The first-order valence-electron chi connectivity index (χ1n) is 5.46. The standard InChI is InChI=1S/C11H21NO3/c1-11(2,3)15-10(13)9(12)8-4-6-14-7-5-8/h8-9H,4-7,12H2,1-3H3/t9-/m0/s1. The van der Waals surface area contributed by atoms with E-state index in [-0.39, 0.29) is 11.9 Å². The molecule has 2 N–H and O–H groups in total. The van der Waals surface area contributed by atoms with Gasteiger partial charge in [-0.3, -0.25) is 4.79 Å². The predicted octanol–water partition coefficient (Wildman–Crippen LogP) is 1.08. The van der Waals surface area contributed by atoms with Crippen LogP contribution in [0.3, 0.4) is 0 Å². The molecular weight excluding hydrogens is 194 g/mol. The third kappa shape index (κ3) is 4.18. The van der Waals surface area contributed by atoms with Gasteiger partial charge < -0.3 is 15.2 Å². The molecule has 0 radical (unpaired) electrons. The number of rotatable bonds is 2. The van der Waals surface area contributed by atoms with Gasteiger partial charge in [0.1, 0.15) is 11.6 Å². The van der Waals surface area contributed by atoms with Crippen molar-refractivity contribution in [1.29, 1.82) is 0 Å². The second-order valence-corrected chi connectivity index (χ2v) is 5.01. The molecule has 0 aromatic heterocycles. The molecule has 0 bridgehead atoms. The molecular formula is C11H21NO3. The number of carbonyl (C=O) groups is 1. The molecule has 1 rings (SSSR count). The van der Waals surface area contributed by atoms with Crippen molar-refractivity contribution >= 4 is 5.97 Å². The number of ether oxygens (including phenoxy) is 2. The van der Waals surface area contributed by atoms with E-state index in [1.54, 1.807) is 0 Å². The smallest absolute Gasteiger partial charge is 0.323 e. The highest BCUT2D eigenvalue weighted by molar-refractivity contribution is 5.76. The van der Waals surface area contributed by atoms with Gasteiger partial charge in [-0.05, 0) is 39.5 Å². The van der Waals surface area contributed by atoms with Gasteiger partial charge in [0.05, 0.1) is 0 Å². The number of nitrogens with two attached hydrogens (primary N) is 1. The van der Waals surface area contributed by atoms with Crippen LogP contribution in [0.25, 0.3) is 0 Å². The van der Waals surface area contributed by atoms with Crippen LogP contribution >= 0.6 is 0 Å². The number of hydrogen-bond acceptors (Lipinski definition) is 4. The molecule has 0 aromatic carbocycles. The van der Waals surface area contributed by atoms with E-state index in [4.69, 9.17) is 15.2 Å². The van der Waals surface area contributed by atoms with Crippen LogP contribution in [-0.4, -0.2) is 30.8 Å². The third-order valence-electron chi connectivity index (χ3n) is 2.45. The zero-order valence-corrected chi connectivity index (χ0v) is 9.79. The summed E-state index contributed by atoms with van der Waals surface area (Å²) in [6.45, 7) is 6.94. The van der Waals surface area contributed by atoms with Gasteiger partial charge in [-0.25, -0.2) is 0 Å². The molecule has 0 aliphatic carbocycles. The molecule has 4 heteroatoms. The van der Waals surface area contributed by atoms with Gasteiger partial charge in [-0.1, -0.05) is 0 Å². The average Bonchev–Trinajstić information content (AvgIpc) is 2.15. The monoisotopic (exact) mass is 215 g/mol. The van der Waals surface area contributed by atoms with E-state index in [0.717, 1.165) is 12.8 Å². The molecule has 1 aliphatic rings. The van der Waals surface area contributed by atoms with Crippen molar-refractivity contribution in [3.63, 3.8) is 0 Å². The first-order chi connectivity index (χ1) is 6.90. The van der Waals surface area contributed by atoms with E-state index in [0.29, 0.717) is 13.2 Å². The van der Waals surface area contributed by atoms with Gasteiger partial charge in [0.2, 0.25) is 0 Å². The first-order valence-corrected chi connectivity index (χ1v) is 5.46. The Hall–Kier alpha value is -0.610. The van der Waals surface area contributed by atoms with Crippen molar-refractivity contribution < 1.29 is 14.3 Å². The molecule has 4 nitrogen and oxygen atoms in total. The molecule has 1 fully saturated rings. The largest absolute Gasteiger partial charge is 0.459 e.